The number of rotatable bonds is 8. The quantitative estimate of drug-likeness (QED) is 0.472. The summed E-state index contributed by atoms with van der Waals surface area (Å²) in [6.07, 6.45) is -1.14. The largest absolute Gasteiger partial charge is 0.484 e. The van der Waals surface area contributed by atoms with Crippen molar-refractivity contribution in [2.45, 2.75) is 53.2 Å². The summed E-state index contributed by atoms with van der Waals surface area (Å²) in [6, 6.07) is 10.7. The minimum absolute atomic E-state index is 0.0744. The average Bonchev–Trinajstić information content (AvgIpc) is 2.76. The van der Waals surface area contributed by atoms with E-state index >= 15 is 0 Å². The molecule has 9 heteroatoms. The Morgan fingerprint density at radius 3 is 2.39 bits per heavy atom. The van der Waals surface area contributed by atoms with Gasteiger partial charge in [-0.2, -0.15) is 0 Å². The maximum atomic E-state index is 14.4. The van der Waals surface area contributed by atoms with E-state index in [1.54, 1.807) is 55.7 Å². The highest BCUT2D eigenvalue weighted by molar-refractivity contribution is 5.98. The molecule has 3 rings (SSSR count). The average molecular weight is 498 g/mol. The van der Waals surface area contributed by atoms with E-state index in [-0.39, 0.29) is 24.6 Å². The molecule has 0 aliphatic heterocycles. The standard InChI is InChI=1S/C27H32FN3O5/c1-16(2)13-30-22(14-31(26(34)35)27(3,4)5)24(17-7-6-8-18(28)11-17)21-12-19(36-15-23(29)32)9-10-20(21)25(30)33/h6-12,16H,13-15H2,1-5H3,(H2,29,32)(H,34,35). The zero-order chi connectivity index (χ0) is 26.8. The summed E-state index contributed by atoms with van der Waals surface area (Å²) < 4.78 is 21.5. The van der Waals surface area contributed by atoms with Crippen molar-refractivity contribution >= 4 is 22.8 Å². The molecule has 1 heterocycles. The lowest BCUT2D eigenvalue weighted by molar-refractivity contribution is -0.119. The van der Waals surface area contributed by atoms with E-state index in [4.69, 9.17) is 10.5 Å². The molecule has 192 valence electrons. The summed E-state index contributed by atoms with van der Waals surface area (Å²) in [5.74, 6) is -0.752. The number of nitrogens with zero attached hydrogens (tertiary/aromatic N) is 2. The monoisotopic (exact) mass is 497 g/mol. The van der Waals surface area contributed by atoms with Crippen LogP contribution >= 0.6 is 0 Å². The van der Waals surface area contributed by atoms with Crippen molar-refractivity contribution in [1.82, 2.24) is 9.47 Å². The molecular weight excluding hydrogens is 465 g/mol. The SMILES string of the molecule is CC(C)Cn1c(CN(C(=O)O)C(C)(C)C)c(-c2cccc(F)c2)c2cc(OCC(N)=O)ccc2c1=O. The molecule has 36 heavy (non-hydrogen) atoms. The number of carboxylic acid groups (broad SMARTS) is 1. The van der Waals surface area contributed by atoms with Gasteiger partial charge < -0.3 is 20.1 Å². The first-order chi connectivity index (χ1) is 16.8. The number of primary amides is 1. The summed E-state index contributed by atoms with van der Waals surface area (Å²) >= 11 is 0. The molecule has 0 atom stereocenters. The smallest absolute Gasteiger partial charge is 0.408 e. The minimum Gasteiger partial charge on any atom is -0.484 e. The Kier molecular flexibility index (Phi) is 7.71. The Morgan fingerprint density at radius 2 is 1.83 bits per heavy atom. The molecule has 8 nitrogen and oxygen atoms in total. The molecule has 0 unspecified atom stereocenters. The number of carbonyl (C=O) groups excluding carboxylic acids is 1. The molecule has 2 aromatic carbocycles. The number of hydrogen-bond donors (Lipinski definition) is 2. The predicted octanol–water partition coefficient (Wildman–Crippen LogP) is 4.61. The number of benzene rings is 2. The molecule has 0 saturated carbocycles. The minimum atomic E-state index is -1.14. The van der Waals surface area contributed by atoms with E-state index in [0.29, 0.717) is 39.9 Å². The highest BCUT2D eigenvalue weighted by atomic mass is 19.1. The molecule has 0 aliphatic rings. The maximum Gasteiger partial charge on any atom is 0.408 e. The second-order valence-electron chi connectivity index (χ2n) is 10.1. The van der Waals surface area contributed by atoms with Gasteiger partial charge in [-0.1, -0.05) is 26.0 Å². The predicted molar refractivity (Wildman–Crippen MR) is 136 cm³/mol. The lowest BCUT2D eigenvalue weighted by Crippen LogP contribution is -2.45. The molecule has 3 aromatic rings. The van der Waals surface area contributed by atoms with E-state index in [1.807, 2.05) is 13.8 Å². The van der Waals surface area contributed by atoms with Crippen molar-refractivity contribution in [3.63, 3.8) is 0 Å². The molecule has 0 saturated heterocycles. The van der Waals surface area contributed by atoms with Gasteiger partial charge in [0.25, 0.3) is 11.5 Å². The van der Waals surface area contributed by atoms with E-state index in [0.717, 1.165) is 0 Å². The van der Waals surface area contributed by atoms with E-state index in [9.17, 15) is 23.9 Å². The molecule has 0 fully saturated rings. The summed E-state index contributed by atoms with van der Waals surface area (Å²) in [7, 11) is 0. The Hall–Kier alpha value is -3.88. The van der Waals surface area contributed by atoms with Crippen molar-refractivity contribution < 1.29 is 23.8 Å². The molecule has 0 radical (unpaired) electrons. The Balaban J connectivity index is 2.45. The first kappa shape index (κ1) is 26.7. The van der Waals surface area contributed by atoms with Gasteiger partial charge in [0.1, 0.15) is 11.6 Å². The van der Waals surface area contributed by atoms with Gasteiger partial charge in [-0.25, -0.2) is 9.18 Å². The van der Waals surface area contributed by atoms with Gasteiger partial charge >= 0.3 is 6.09 Å². The number of hydrogen-bond acceptors (Lipinski definition) is 4. The number of pyridine rings is 1. The highest BCUT2D eigenvalue weighted by Crippen LogP contribution is 2.35. The van der Waals surface area contributed by atoms with Gasteiger partial charge in [0, 0.05) is 34.1 Å². The molecule has 1 aromatic heterocycles. The van der Waals surface area contributed by atoms with Crippen molar-refractivity contribution in [3.8, 4) is 16.9 Å². The van der Waals surface area contributed by atoms with Crippen LogP contribution < -0.4 is 16.0 Å². The van der Waals surface area contributed by atoms with Crippen LogP contribution in [0.1, 0.15) is 40.3 Å². The second kappa shape index (κ2) is 10.4. The maximum absolute atomic E-state index is 14.4. The second-order valence-corrected chi connectivity index (χ2v) is 10.1. The lowest BCUT2D eigenvalue weighted by Gasteiger charge is -2.35. The number of halogens is 1. The van der Waals surface area contributed by atoms with Crippen LogP contribution in [-0.2, 0) is 17.9 Å². The third-order valence-corrected chi connectivity index (χ3v) is 5.74. The molecule has 0 bridgehead atoms. The Labute approximate surface area is 209 Å². The number of aromatic nitrogens is 1. The lowest BCUT2D eigenvalue weighted by atomic mass is 9.95. The molecular formula is C27H32FN3O5. The van der Waals surface area contributed by atoms with Crippen molar-refractivity contribution in [2.24, 2.45) is 11.7 Å². The van der Waals surface area contributed by atoms with Crippen molar-refractivity contribution in [1.29, 1.82) is 0 Å². The Bertz CT molecular complexity index is 1360. The van der Waals surface area contributed by atoms with Crippen LogP contribution in [-0.4, -0.2) is 38.7 Å². The molecule has 3 N–H and O–H groups in total. The molecule has 2 amide bonds. The first-order valence-corrected chi connectivity index (χ1v) is 11.7. The zero-order valence-electron chi connectivity index (χ0n) is 21.2. The number of fused-ring (bicyclic) bond motifs is 1. The number of nitrogens with two attached hydrogens (primary N) is 1. The molecule has 0 aliphatic carbocycles. The number of amides is 2. The van der Waals surface area contributed by atoms with Crippen LogP contribution in [0.2, 0.25) is 0 Å². The molecule has 0 spiro atoms. The Morgan fingerprint density at radius 1 is 1.14 bits per heavy atom. The van der Waals surface area contributed by atoms with Crippen LogP contribution in [0.15, 0.2) is 47.3 Å². The fraction of sp³-hybridized carbons (Fsp3) is 0.370. The van der Waals surface area contributed by atoms with E-state index in [2.05, 4.69) is 0 Å². The van der Waals surface area contributed by atoms with Crippen molar-refractivity contribution in [2.75, 3.05) is 6.61 Å². The van der Waals surface area contributed by atoms with Gasteiger partial charge in [-0.15, -0.1) is 0 Å². The van der Waals surface area contributed by atoms with Gasteiger partial charge in [-0.3, -0.25) is 14.5 Å². The highest BCUT2D eigenvalue weighted by Gasteiger charge is 2.30. The number of carbonyl (C=O) groups is 2. The van der Waals surface area contributed by atoms with Crippen molar-refractivity contribution in [3.05, 3.63) is 64.3 Å². The zero-order valence-corrected chi connectivity index (χ0v) is 21.2. The summed E-state index contributed by atoms with van der Waals surface area (Å²) in [5.41, 5.74) is 5.58. The van der Waals surface area contributed by atoms with Crippen LogP contribution in [0.3, 0.4) is 0 Å². The fourth-order valence-corrected chi connectivity index (χ4v) is 4.15. The normalized spacial score (nSPS) is 11.6. The van der Waals surface area contributed by atoms with Gasteiger partial charge in [-0.05, 0) is 62.6 Å². The van der Waals surface area contributed by atoms with Crippen LogP contribution in [0.25, 0.3) is 21.9 Å². The van der Waals surface area contributed by atoms with Crippen LogP contribution in [0, 0.1) is 11.7 Å². The third-order valence-electron chi connectivity index (χ3n) is 5.74. The third kappa shape index (κ3) is 5.84. The van der Waals surface area contributed by atoms with Crippen LogP contribution in [0.5, 0.6) is 5.75 Å². The topological polar surface area (TPSA) is 115 Å². The van der Waals surface area contributed by atoms with Gasteiger partial charge in [0.05, 0.1) is 6.54 Å². The van der Waals surface area contributed by atoms with E-state index in [1.165, 1.54) is 17.0 Å². The first-order valence-electron chi connectivity index (χ1n) is 11.7. The summed E-state index contributed by atoms with van der Waals surface area (Å²) in [5, 5.41) is 10.8. The summed E-state index contributed by atoms with van der Waals surface area (Å²) in [6.45, 7) is 9.11. The van der Waals surface area contributed by atoms with Gasteiger partial charge in [0.15, 0.2) is 6.61 Å². The van der Waals surface area contributed by atoms with E-state index < -0.39 is 23.4 Å². The van der Waals surface area contributed by atoms with Crippen LogP contribution in [0.4, 0.5) is 9.18 Å². The summed E-state index contributed by atoms with van der Waals surface area (Å²) in [4.78, 5) is 38.5. The van der Waals surface area contributed by atoms with Gasteiger partial charge in [0.2, 0.25) is 0 Å². The number of ether oxygens (including phenoxy) is 1. The fourth-order valence-electron chi connectivity index (χ4n) is 4.15.